The van der Waals surface area contributed by atoms with Gasteiger partial charge in [-0.05, 0) is 110 Å². The van der Waals surface area contributed by atoms with Gasteiger partial charge in [-0.25, -0.2) is 23.1 Å². The van der Waals surface area contributed by atoms with Crippen molar-refractivity contribution in [3.05, 3.63) is 123 Å². The number of amides is 1. The maximum atomic E-state index is 16.4. The molecule has 0 radical (unpaired) electrons. The van der Waals surface area contributed by atoms with Gasteiger partial charge in [0.2, 0.25) is 5.91 Å². The highest BCUT2D eigenvalue weighted by Crippen LogP contribution is 2.38. The van der Waals surface area contributed by atoms with E-state index in [2.05, 4.69) is 12.3 Å². The molecule has 1 saturated heterocycles. The van der Waals surface area contributed by atoms with Crippen LogP contribution in [0.3, 0.4) is 0 Å². The Labute approximate surface area is 288 Å². The standard InChI is InChI=1S/C40H37F3N4OS/c1-5-33-39(32-14-13-31(25(4)38(32)43)40-45-34(22-49-40)27-8-11-30(41)12-9-27)47-21-29(10-15-35(47)44-33)26-16-18-46(19-17-26)36(48)20-28-7-6-23(2)24(3)37(28)42/h6-15,21-22,26H,5,16-20H2,1-4H3. The fourth-order valence-electron chi connectivity index (χ4n) is 6.84. The number of carbonyl (C=O) groups is 1. The van der Waals surface area contributed by atoms with Crippen molar-refractivity contribution < 1.29 is 18.0 Å². The number of hydrogen-bond acceptors (Lipinski definition) is 4. The van der Waals surface area contributed by atoms with E-state index < -0.39 is 0 Å². The second kappa shape index (κ2) is 13.3. The molecule has 4 heterocycles. The molecule has 0 saturated carbocycles. The first-order chi connectivity index (χ1) is 23.6. The zero-order valence-electron chi connectivity index (χ0n) is 28.0. The van der Waals surface area contributed by atoms with Crippen molar-refractivity contribution in [1.29, 1.82) is 0 Å². The van der Waals surface area contributed by atoms with Crippen molar-refractivity contribution in [2.45, 2.75) is 59.3 Å². The summed E-state index contributed by atoms with van der Waals surface area (Å²) in [5.74, 6) is -0.746. The third kappa shape index (κ3) is 6.16. The monoisotopic (exact) mass is 678 g/mol. The minimum Gasteiger partial charge on any atom is -0.342 e. The summed E-state index contributed by atoms with van der Waals surface area (Å²) in [5.41, 5.74) is 8.56. The van der Waals surface area contributed by atoms with Crippen LogP contribution in [0.2, 0.25) is 0 Å². The van der Waals surface area contributed by atoms with E-state index in [1.807, 2.05) is 52.8 Å². The molecule has 1 aliphatic heterocycles. The van der Waals surface area contributed by atoms with Crippen LogP contribution in [0.4, 0.5) is 13.2 Å². The zero-order chi connectivity index (χ0) is 34.4. The average molecular weight is 679 g/mol. The van der Waals surface area contributed by atoms with Gasteiger partial charge in [0.1, 0.15) is 28.1 Å². The number of piperidine rings is 1. The lowest BCUT2D eigenvalue weighted by Crippen LogP contribution is -2.39. The van der Waals surface area contributed by atoms with E-state index in [1.165, 1.54) is 23.5 Å². The topological polar surface area (TPSA) is 50.5 Å². The van der Waals surface area contributed by atoms with Gasteiger partial charge in [0.05, 0.1) is 23.5 Å². The third-order valence-corrected chi connectivity index (χ3v) is 10.8. The molecule has 1 amide bonds. The lowest BCUT2D eigenvalue weighted by Gasteiger charge is -2.32. The van der Waals surface area contributed by atoms with E-state index in [0.717, 1.165) is 52.3 Å². The van der Waals surface area contributed by atoms with Crippen LogP contribution in [0.1, 0.15) is 59.2 Å². The highest BCUT2D eigenvalue weighted by molar-refractivity contribution is 7.13. The molecule has 9 heteroatoms. The third-order valence-electron chi connectivity index (χ3n) is 9.96. The Morgan fingerprint density at radius 2 is 1.59 bits per heavy atom. The SMILES string of the molecule is CCc1nc2ccc(C3CCN(C(=O)Cc4ccc(C)c(C)c4F)CC3)cn2c1-c1ccc(-c2nc(-c3ccc(F)cc3)cs2)c(C)c1F. The summed E-state index contributed by atoms with van der Waals surface area (Å²) in [4.78, 5) is 24.6. The van der Waals surface area contributed by atoms with E-state index in [1.54, 1.807) is 32.0 Å². The summed E-state index contributed by atoms with van der Waals surface area (Å²) in [6, 6.07) is 17.6. The summed E-state index contributed by atoms with van der Waals surface area (Å²) >= 11 is 1.43. The van der Waals surface area contributed by atoms with Gasteiger partial charge in [-0.3, -0.25) is 9.20 Å². The number of hydrogen-bond donors (Lipinski definition) is 0. The van der Waals surface area contributed by atoms with Gasteiger partial charge in [0, 0.05) is 41.4 Å². The van der Waals surface area contributed by atoms with Crippen LogP contribution in [0.5, 0.6) is 0 Å². The number of thiazole rings is 1. The van der Waals surface area contributed by atoms with Crippen LogP contribution in [-0.4, -0.2) is 38.3 Å². The van der Waals surface area contributed by atoms with E-state index in [9.17, 15) is 13.6 Å². The summed E-state index contributed by atoms with van der Waals surface area (Å²) in [7, 11) is 0. The van der Waals surface area contributed by atoms with Gasteiger partial charge >= 0.3 is 0 Å². The highest BCUT2D eigenvalue weighted by Gasteiger charge is 2.26. The number of carbonyl (C=O) groups excluding carboxylic acids is 1. The Balaban J connectivity index is 1.13. The fraction of sp³-hybridized carbons (Fsp3) is 0.275. The molecule has 3 aromatic heterocycles. The van der Waals surface area contributed by atoms with Gasteiger partial charge in [0.25, 0.3) is 0 Å². The summed E-state index contributed by atoms with van der Waals surface area (Å²) in [6.45, 7) is 8.61. The number of nitrogens with zero attached hydrogens (tertiary/aromatic N) is 4. The molecule has 5 nitrogen and oxygen atoms in total. The van der Waals surface area contributed by atoms with Crippen LogP contribution < -0.4 is 0 Å². The van der Waals surface area contributed by atoms with E-state index in [0.29, 0.717) is 52.3 Å². The number of aromatic nitrogens is 3. The Kier molecular flexibility index (Phi) is 8.88. The summed E-state index contributed by atoms with van der Waals surface area (Å²) < 4.78 is 46.6. The molecule has 49 heavy (non-hydrogen) atoms. The van der Waals surface area contributed by atoms with Crippen LogP contribution in [0.25, 0.3) is 38.7 Å². The van der Waals surface area contributed by atoms with E-state index >= 15 is 4.39 Å². The number of halogens is 3. The molecule has 0 unspecified atom stereocenters. The van der Waals surface area contributed by atoms with Gasteiger partial charge in [0.15, 0.2) is 0 Å². The molecule has 0 spiro atoms. The van der Waals surface area contributed by atoms with Crippen LogP contribution in [0, 0.1) is 38.2 Å². The molecule has 0 bridgehead atoms. The Morgan fingerprint density at radius 3 is 2.33 bits per heavy atom. The van der Waals surface area contributed by atoms with Crippen LogP contribution >= 0.6 is 11.3 Å². The molecule has 0 atom stereocenters. The van der Waals surface area contributed by atoms with Crippen LogP contribution in [0.15, 0.2) is 72.2 Å². The van der Waals surface area contributed by atoms with Crippen molar-refractivity contribution >= 4 is 22.9 Å². The number of aryl methyl sites for hydroxylation is 2. The molecular formula is C40H37F3N4OS. The molecular weight excluding hydrogens is 642 g/mol. The summed E-state index contributed by atoms with van der Waals surface area (Å²) in [6.07, 6.45) is 4.34. The predicted octanol–water partition coefficient (Wildman–Crippen LogP) is 9.65. The average Bonchev–Trinajstić information content (AvgIpc) is 3.75. The second-order valence-electron chi connectivity index (χ2n) is 12.9. The second-order valence-corrected chi connectivity index (χ2v) is 13.8. The molecule has 1 fully saturated rings. The number of benzene rings is 3. The van der Waals surface area contributed by atoms with E-state index in [-0.39, 0.29) is 35.7 Å². The van der Waals surface area contributed by atoms with E-state index in [4.69, 9.17) is 9.97 Å². The van der Waals surface area contributed by atoms with Crippen molar-refractivity contribution in [3.8, 4) is 33.1 Å². The highest BCUT2D eigenvalue weighted by atomic mass is 32.1. The molecule has 7 rings (SSSR count). The molecule has 250 valence electrons. The number of likely N-dealkylation sites (tertiary alicyclic amines) is 1. The van der Waals surface area contributed by atoms with Gasteiger partial charge in [-0.2, -0.15) is 0 Å². The quantitative estimate of drug-likeness (QED) is 0.169. The largest absolute Gasteiger partial charge is 0.342 e. The minimum absolute atomic E-state index is 0.0562. The van der Waals surface area contributed by atoms with Crippen molar-refractivity contribution in [1.82, 2.24) is 19.3 Å². The predicted molar refractivity (Wildman–Crippen MR) is 189 cm³/mol. The van der Waals surface area contributed by atoms with Crippen molar-refractivity contribution in [2.75, 3.05) is 13.1 Å². The summed E-state index contributed by atoms with van der Waals surface area (Å²) in [5, 5.41) is 2.60. The van der Waals surface area contributed by atoms with Gasteiger partial charge in [-0.1, -0.05) is 31.2 Å². The number of imidazole rings is 1. The maximum Gasteiger partial charge on any atom is 0.227 e. The number of fused-ring (bicyclic) bond motifs is 1. The first-order valence-corrected chi connectivity index (χ1v) is 17.6. The van der Waals surface area contributed by atoms with Crippen LogP contribution in [-0.2, 0) is 17.6 Å². The number of rotatable bonds is 7. The molecule has 1 aliphatic rings. The Bertz CT molecular complexity index is 2200. The molecule has 6 aromatic rings. The fourth-order valence-corrected chi connectivity index (χ4v) is 7.76. The van der Waals surface area contributed by atoms with Gasteiger partial charge in [-0.15, -0.1) is 11.3 Å². The normalized spacial score (nSPS) is 13.8. The molecule has 3 aromatic carbocycles. The smallest absolute Gasteiger partial charge is 0.227 e. The molecule has 0 N–H and O–H groups in total. The maximum absolute atomic E-state index is 16.4. The van der Waals surface area contributed by atoms with Crippen molar-refractivity contribution in [3.63, 3.8) is 0 Å². The lowest BCUT2D eigenvalue weighted by atomic mass is 9.90. The Morgan fingerprint density at radius 1 is 0.857 bits per heavy atom. The van der Waals surface area contributed by atoms with Crippen molar-refractivity contribution in [2.24, 2.45) is 0 Å². The zero-order valence-corrected chi connectivity index (χ0v) is 28.8. The Hall–Kier alpha value is -4.76. The first-order valence-electron chi connectivity index (χ1n) is 16.7. The first kappa shape index (κ1) is 32.8. The minimum atomic E-state index is -0.315. The number of pyridine rings is 1. The molecule has 0 aliphatic carbocycles. The lowest BCUT2D eigenvalue weighted by molar-refractivity contribution is -0.131. The van der Waals surface area contributed by atoms with Gasteiger partial charge < -0.3 is 4.90 Å².